The Labute approximate surface area is 104 Å². The summed E-state index contributed by atoms with van der Waals surface area (Å²) in [5.74, 6) is 0.611. The van der Waals surface area contributed by atoms with Crippen molar-refractivity contribution < 1.29 is 8.42 Å². The minimum absolute atomic E-state index is 0.145. The maximum absolute atomic E-state index is 11.5. The molecule has 0 spiro atoms. The van der Waals surface area contributed by atoms with Gasteiger partial charge in [0.15, 0.2) is 9.84 Å². The second-order valence-electron chi connectivity index (χ2n) is 5.75. The highest BCUT2D eigenvalue weighted by Crippen LogP contribution is 2.28. The Morgan fingerprint density at radius 2 is 2.06 bits per heavy atom. The molecular weight excluding hydrogens is 236 g/mol. The molecule has 1 unspecified atom stereocenters. The van der Waals surface area contributed by atoms with Gasteiger partial charge in [0.1, 0.15) is 0 Å². The highest BCUT2D eigenvalue weighted by atomic mass is 32.2. The molecule has 0 radical (unpaired) electrons. The minimum Gasteiger partial charge on any atom is -0.312 e. The molecule has 1 saturated carbocycles. The maximum Gasteiger partial charge on any atom is 0.153 e. The predicted molar refractivity (Wildman–Crippen MR) is 69.9 cm³/mol. The molecule has 1 heterocycles. The van der Waals surface area contributed by atoms with Gasteiger partial charge in [-0.1, -0.05) is 12.8 Å². The largest absolute Gasteiger partial charge is 0.312 e. The molecule has 1 aliphatic carbocycles. The second-order valence-corrected chi connectivity index (χ2v) is 7.98. The molecule has 0 aromatic heterocycles. The third-order valence-electron chi connectivity index (χ3n) is 4.05. The van der Waals surface area contributed by atoms with Crippen LogP contribution < -0.4 is 10.6 Å². The van der Waals surface area contributed by atoms with Gasteiger partial charge in [0.25, 0.3) is 0 Å². The van der Waals surface area contributed by atoms with Gasteiger partial charge >= 0.3 is 0 Å². The molecule has 0 bridgehead atoms. The van der Waals surface area contributed by atoms with E-state index in [1.54, 1.807) is 0 Å². The summed E-state index contributed by atoms with van der Waals surface area (Å²) in [5, 5.41) is 6.89. The van der Waals surface area contributed by atoms with E-state index in [0.29, 0.717) is 23.6 Å². The lowest BCUT2D eigenvalue weighted by molar-refractivity contribution is 0.350. The number of rotatable bonds is 4. The van der Waals surface area contributed by atoms with Gasteiger partial charge in [-0.25, -0.2) is 8.42 Å². The first-order chi connectivity index (χ1) is 7.99. The fourth-order valence-electron chi connectivity index (χ4n) is 2.93. The monoisotopic (exact) mass is 260 g/mol. The molecule has 0 aromatic carbocycles. The van der Waals surface area contributed by atoms with Crippen molar-refractivity contribution in [3.05, 3.63) is 0 Å². The first kappa shape index (κ1) is 13.3. The molecule has 2 aliphatic rings. The molecule has 1 saturated heterocycles. The summed E-state index contributed by atoms with van der Waals surface area (Å²) < 4.78 is 23.0. The summed E-state index contributed by atoms with van der Waals surface area (Å²) in [5.41, 5.74) is 0.299. The number of hydrogen-bond donors (Lipinski definition) is 2. The van der Waals surface area contributed by atoms with Crippen LogP contribution in [0.1, 0.15) is 39.0 Å². The van der Waals surface area contributed by atoms with Crippen LogP contribution in [0.4, 0.5) is 0 Å². The van der Waals surface area contributed by atoms with Crippen LogP contribution in [-0.4, -0.2) is 44.6 Å². The summed E-state index contributed by atoms with van der Waals surface area (Å²) in [6.07, 6.45) is 6.06. The average Bonchev–Trinajstić information content (AvgIpc) is 2.64. The van der Waals surface area contributed by atoms with E-state index >= 15 is 0 Å². The van der Waals surface area contributed by atoms with Gasteiger partial charge in [0, 0.05) is 18.1 Å². The maximum atomic E-state index is 11.5. The first-order valence-electron chi connectivity index (χ1n) is 6.68. The van der Waals surface area contributed by atoms with Crippen molar-refractivity contribution >= 4 is 9.84 Å². The quantitative estimate of drug-likeness (QED) is 0.781. The molecule has 0 aromatic rings. The van der Waals surface area contributed by atoms with Crippen LogP contribution in [0, 0.1) is 0 Å². The van der Waals surface area contributed by atoms with Crippen molar-refractivity contribution in [3.63, 3.8) is 0 Å². The smallest absolute Gasteiger partial charge is 0.153 e. The first-order valence-corrected chi connectivity index (χ1v) is 8.50. The Hall–Kier alpha value is -0.130. The summed E-state index contributed by atoms with van der Waals surface area (Å²) in [7, 11) is -2.79. The zero-order valence-corrected chi connectivity index (χ0v) is 11.5. The van der Waals surface area contributed by atoms with Gasteiger partial charge in [-0.2, -0.15) is 0 Å². The highest BCUT2D eigenvalue weighted by molar-refractivity contribution is 7.91. The zero-order chi connectivity index (χ0) is 12.4. The third kappa shape index (κ3) is 3.93. The van der Waals surface area contributed by atoms with E-state index in [0.717, 1.165) is 13.0 Å². The predicted octanol–water partition coefficient (Wildman–Crippen LogP) is 0.685. The van der Waals surface area contributed by atoms with Gasteiger partial charge in [-0.15, -0.1) is 0 Å². The van der Waals surface area contributed by atoms with E-state index < -0.39 is 9.84 Å². The van der Waals surface area contributed by atoms with Crippen molar-refractivity contribution in [3.8, 4) is 0 Å². The molecule has 0 amide bonds. The zero-order valence-electron chi connectivity index (χ0n) is 10.7. The summed E-state index contributed by atoms with van der Waals surface area (Å²) in [4.78, 5) is 0. The van der Waals surface area contributed by atoms with E-state index in [2.05, 4.69) is 17.6 Å². The number of hydrogen-bond acceptors (Lipinski definition) is 4. The van der Waals surface area contributed by atoms with E-state index in [1.807, 2.05) is 0 Å². The minimum atomic E-state index is -2.79. The van der Waals surface area contributed by atoms with Crippen molar-refractivity contribution in [2.45, 2.75) is 50.6 Å². The van der Waals surface area contributed by atoms with E-state index in [-0.39, 0.29) is 6.04 Å². The van der Waals surface area contributed by atoms with Crippen molar-refractivity contribution in [2.75, 3.05) is 24.6 Å². The topological polar surface area (TPSA) is 58.2 Å². The Balaban J connectivity index is 1.71. The van der Waals surface area contributed by atoms with Gasteiger partial charge in [0.2, 0.25) is 0 Å². The van der Waals surface area contributed by atoms with Crippen molar-refractivity contribution in [1.82, 2.24) is 10.6 Å². The lowest BCUT2D eigenvalue weighted by Crippen LogP contribution is -2.48. The van der Waals surface area contributed by atoms with E-state index in [9.17, 15) is 8.42 Å². The summed E-state index contributed by atoms with van der Waals surface area (Å²) >= 11 is 0. The van der Waals surface area contributed by atoms with Crippen LogP contribution in [0.15, 0.2) is 0 Å². The summed E-state index contributed by atoms with van der Waals surface area (Å²) in [6.45, 7) is 3.82. The van der Waals surface area contributed by atoms with Crippen molar-refractivity contribution in [1.29, 1.82) is 0 Å². The molecule has 5 heteroatoms. The van der Waals surface area contributed by atoms with E-state index in [4.69, 9.17) is 0 Å². The van der Waals surface area contributed by atoms with E-state index in [1.165, 1.54) is 25.7 Å². The van der Waals surface area contributed by atoms with Crippen LogP contribution in [-0.2, 0) is 9.84 Å². The average molecular weight is 260 g/mol. The molecule has 2 rings (SSSR count). The standard InChI is InChI=1S/C12H24N2O2S/c1-12(5-2-3-6-12)14-7-4-11-10-17(15,16)9-8-13-11/h11,13-14H,2-10H2,1H3. The van der Waals surface area contributed by atoms with Crippen LogP contribution in [0.2, 0.25) is 0 Å². The third-order valence-corrected chi connectivity index (χ3v) is 5.79. The molecule has 1 aliphatic heterocycles. The Bertz CT molecular complexity index is 348. The number of nitrogens with one attached hydrogen (secondary N) is 2. The van der Waals surface area contributed by atoms with Crippen molar-refractivity contribution in [2.24, 2.45) is 0 Å². The summed E-state index contributed by atoms with van der Waals surface area (Å²) in [6, 6.07) is 0.145. The lowest BCUT2D eigenvalue weighted by Gasteiger charge is -2.28. The van der Waals surface area contributed by atoms with Crippen LogP contribution >= 0.6 is 0 Å². The molecule has 2 N–H and O–H groups in total. The fraction of sp³-hybridized carbons (Fsp3) is 1.00. The molecule has 1 atom stereocenters. The Kier molecular flexibility index (Phi) is 4.10. The second kappa shape index (κ2) is 5.24. The van der Waals surface area contributed by atoms with Crippen LogP contribution in [0.3, 0.4) is 0 Å². The number of sulfone groups is 1. The molecule has 2 fully saturated rings. The highest BCUT2D eigenvalue weighted by Gasteiger charge is 2.29. The van der Waals surface area contributed by atoms with Crippen LogP contribution in [0.5, 0.6) is 0 Å². The normalized spacial score (nSPS) is 31.5. The fourth-order valence-corrected chi connectivity index (χ4v) is 4.43. The lowest BCUT2D eigenvalue weighted by atomic mass is 10.0. The van der Waals surface area contributed by atoms with Gasteiger partial charge in [-0.3, -0.25) is 0 Å². The van der Waals surface area contributed by atoms with Gasteiger partial charge in [-0.05, 0) is 32.7 Å². The molecule has 17 heavy (non-hydrogen) atoms. The SMILES string of the molecule is CC1(NCCC2CS(=O)(=O)CCN2)CCCC1. The van der Waals surface area contributed by atoms with Crippen LogP contribution in [0.25, 0.3) is 0 Å². The molecule has 4 nitrogen and oxygen atoms in total. The van der Waals surface area contributed by atoms with Gasteiger partial charge in [0.05, 0.1) is 11.5 Å². The van der Waals surface area contributed by atoms with Gasteiger partial charge < -0.3 is 10.6 Å². The molecular formula is C12H24N2O2S. The molecule has 100 valence electrons. The Morgan fingerprint density at radius 3 is 2.71 bits per heavy atom. The Morgan fingerprint density at radius 1 is 1.35 bits per heavy atom.